The van der Waals surface area contributed by atoms with Crippen molar-refractivity contribution in [3.63, 3.8) is 0 Å². The Morgan fingerprint density at radius 2 is 0.850 bits per heavy atom. The summed E-state index contributed by atoms with van der Waals surface area (Å²) in [5.74, 6) is 1.51. The highest BCUT2D eigenvalue weighted by atomic mass is 15.1. The molecule has 0 N–H and O–H groups in total. The van der Waals surface area contributed by atoms with Crippen LogP contribution in [0.25, 0.3) is 111 Å². The van der Waals surface area contributed by atoms with Crippen LogP contribution in [-0.2, 0) is 0 Å². The average molecular weight is 765 g/mol. The molecule has 3 aromatic heterocycles. The molecule has 0 spiro atoms. The molecule has 0 aliphatic rings. The highest BCUT2D eigenvalue weighted by Crippen LogP contribution is 2.43. The van der Waals surface area contributed by atoms with Crippen molar-refractivity contribution in [2.75, 3.05) is 0 Å². The highest BCUT2D eigenvalue weighted by molar-refractivity contribution is 6.15. The lowest BCUT2D eigenvalue weighted by molar-refractivity contribution is 1.05. The number of para-hydroxylation sites is 2. The van der Waals surface area contributed by atoms with E-state index in [9.17, 15) is 0 Å². The van der Waals surface area contributed by atoms with Crippen LogP contribution < -0.4 is 0 Å². The van der Waals surface area contributed by atoms with Gasteiger partial charge in [0.15, 0.2) is 5.82 Å². The largest absolute Gasteiger partial charge is 0.309 e. The smallest absolute Gasteiger partial charge is 0.162 e. The molecule has 9 aromatic carbocycles. The predicted octanol–water partition coefficient (Wildman–Crippen LogP) is 14.5. The Balaban J connectivity index is 1.13. The second-order valence-electron chi connectivity index (χ2n) is 15.4. The Morgan fingerprint density at radius 3 is 1.58 bits per heavy atom. The normalized spacial score (nSPS) is 11.7. The zero-order valence-corrected chi connectivity index (χ0v) is 32.6. The van der Waals surface area contributed by atoms with E-state index in [0.717, 1.165) is 44.8 Å². The molecule has 0 saturated carbocycles. The number of fused-ring (bicyclic) bond motifs is 7. The van der Waals surface area contributed by atoms with Gasteiger partial charge in [0, 0.05) is 44.1 Å². The summed E-state index contributed by atoms with van der Waals surface area (Å²) in [6, 6.07) is 78.1. The third-order valence-corrected chi connectivity index (χ3v) is 11.9. The fourth-order valence-electron chi connectivity index (χ4n) is 9.18. The van der Waals surface area contributed by atoms with E-state index in [4.69, 9.17) is 9.97 Å². The van der Waals surface area contributed by atoms with Crippen LogP contribution in [0, 0.1) is 0 Å². The maximum Gasteiger partial charge on any atom is 0.162 e. The Morgan fingerprint density at radius 1 is 0.300 bits per heavy atom. The second kappa shape index (κ2) is 13.8. The minimum atomic E-state index is 0.689. The van der Waals surface area contributed by atoms with E-state index in [2.05, 4.69) is 203 Å². The lowest BCUT2D eigenvalue weighted by Gasteiger charge is -2.15. The summed E-state index contributed by atoms with van der Waals surface area (Å²) in [5, 5.41) is 7.25. The fourth-order valence-corrected chi connectivity index (χ4v) is 9.18. The number of nitrogens with zero attached hydrogens (tertiary/aromatic N) is 4. The van der Waals surface area contributed by atoms with E-state index in [1.54, 1.807) is 0 Å². The number of hydrogen-bond donors (Lipinski definition) is 0. The summed E-state index contributed by atoms with van der Waals surface area (Å²) in [6.45, 7) is 0. The van der Waals surface area contributed by atoms with Crippen LogP contribution in [0.1, 0.15) is 0 Å². The second-order valence-corrected chi connectivity index (χ2v) is 15.4. The van der Waals surface area contributed by atoms with E-state index in [0.29, 0.717) is 5.82 Å². The third kappa shape index (κ3) is 5.46. The van der Waals surface area contributed by atoms with Crippen molar-refractivity contribution in [3.8, 4) is 56.4 Å². The molecule has 0 aliphatic carbocycles. The Bertz CT molecular complexity index is 3520. The Kier molecular flexibility index (Phi) is 7.82. The van der Waals surface area contributed by atoms with Gasteiger partial charge in [-0.2, -0.15) is 0 Å². The van der Waals surface area contributed by atoms with Gasteiger partial charge in [0.2, 0.25) is 0 Å². The third-order valence-electron chi connectivity index (χ3n) is 11.9. The predicted molar refractivity (Wildman–Crippen MR) is 250 cm³/mol. The maximum absolute atomic E-state index is 5.31. The van der Waals surface area contributed by atoms with Crippen LogP contribution in [0.5, 0.6) is 0 Å². The van der Waals surface area contributed by atoms with Crippen molar-refractivity contribution in [2.45, 2.75) is 0 Å². The van der Waals surface area contributed by atoms with Gasteiger partial charge in [-0.1, -0.05) is 170 Å². The van der Waals surface area contributed by atoms with Crippen LogP contribution in [0.15, 0.2) is 218 Å². The highest BCUT2D eigenvalue weighted by Gasteiger charge is 2.21. The molecule has 4 heteroatoms. The van der Waals surface area contributed by atoms with Gasteiger partial charge in [0.1, 0.15) is 5.82 Å². The van der Waals surface area contributed by atoms with Crippen LogP contribution >= 0.6 is 0 Å². The van der Waals surface area contributed by atoms with Crippen molar-refractivity contribution in [1.29, 1.82) is 0 Å². The van der Waals surface area contributed by atoms with E-state index >= 15 is 0 Å². The molecule has 0 amide bonds. The quantitative estimate of drug-likeness (QED) is 0.169. The molecular weight excluding hydrogens is 729 g/mol. The fraction of sp³-hybridized carbons (Fsp3) is 0. The first-order valence-corrected chi connectivity index (χ1v) is 20.4. The molecular formula is C56H36N4. The molecule has 0 atom stereocenters. The minimum absolute atomic E-state index is 0.689. The van der Waals surface area contributed by atoms with Crippen molar-refractivity contribution in [3.05, 3.63) is 218 Å². The molecule has 0 unspecified atom stereocenters. The van der Waals surface area contributed by atoms with Gasteiger partial charge in [0.05, 0.1) is 33.4 Å². The molecule has 0 fully saturated rings. The molecule has 0 aliphatic heterocycles. The van der Waals surface area contributed by atoms with Crippen molar-refractivity contribution < 1.29 is 0 Å². The zero-order valence-electron chi connectivity index (χ0n) is 32.6. The SMILES string of the molecule is c1ccc(-c2cc(-n3c4ccccc4c4cc(-c5ccc6c(c5)c5ccccc5n6-c5cccc6ccccc56)c(-c5ccccc5)cc43)nc(-c3ccccc3)n2)cc1. The molecule has 12 rings (SSSR count). The molecule has 0 saturated heterocycles. The van der Waals surface area contributed by atoms with Gasteiger partial charge >= 0.3 is 0 Å². The number of benzene rings is 9. The Labute approximate surface area is 346 Å². The van der Waals surface area contributed by atoms with E-state index in [1.807, 2.05) is 24.3 Å². The summed E-state index contributed by atoms with van der Waals surface area (Å²) in [4.78, 5) is 10.4. The molecule has 3 heterocycles. The first-order valence-electron chi connectivity index (χ1n) is 20.4. The molecule has 280 valence electrons. The number of rotatable bonds is 6. The first-order chi connectivity index (χ1) is 29.8. The summed E-state index contributed by atoms with van der Waals surface area (Å²) in [7, 11) is 0. The molecule has 0 radical (unpaired) electrons. The molecule has 60 heavy (non-hydrogen) atoms. The maximum atomic E-state index is 5.31. The molecule has 0 bridgehead atoms. The standard InChI is InChI=1S/C56H36N4/c1-4-17-38(18-5-1)46-35-54-48(44-27-13-15-29-52(44)60(54)55-36-49(39-20-6-2-7-21-39)57-56(58-55)40-22-8-3-9-23-40)34-45(46)41-31-32-53-47(33-41)43-26-12-14-28-51(43)59(53)50-30-16-24-37-19-10-11-25-42(37)50/h1-36H. The molecule has 4 nitrogen and oxygen atoms in total. The Hall–Kier alpha value is -8.08. The summed E-state index contributed by atoms with van der Waals surface area (Å²) in [6.07, 6.45) is 0. The van der Waals surface area contributed by atoms with Gasteiger partial charge in [-0.05, 0) is 70.1 Å². The van der Waals surface area contributed by atoms with Gasteiger partial charge in [-0.25, -0.2) is 9.97 Å². The topological polar surface area (TPSA) is 35.6 Å². The van der Waals surface area contributed by atoms with Crippen molar-refractivity contribution in [2.24, 2.45) is 0 Å². The minimum Gasteiger partial charge on any atom is -0.309 e. The van der Waals surface area contributed by atoms with Gasteiger partial charge in [-0.15, -0.1) is 0 Å². The monoisotopic (exact) mass is 764 g/mol. The van der Waals surface area contributed by atoms with E-state index in [1.165, 1.54) is 60.2 Å². The van der Waals surface area contributed by atoms with Crippen LogP contribution in [0.4, 0.5) is 0 Å². The summed E-state index contributed by atoms with van der Waals surface area (Å²) >= 11 is 0. The van der Waals surface area contributed by atoms with E-state index < -0.39 is 0 Å². The zero-order chi connectivity index (χ0) is 39.6. The lowest BCUT2D eigenvalue weighted by atomic mass is 9.92. The van der Waals surface area contributed by atoms with Gasteiger partial charge in [-0.3, -0.25) is 4.57 Å². The van der Waals surface area contributed by atoms with Crippen LogP contribution in [0.3, 0.4) is 0 Å². The van der Waals surface area contributed by atoms with Gasteiger partial charge < -0.3 is 4.57 Å². The van der Waals surface area contributed by atoms with Crippen molar-refractivity contribution in [1.82, 2.24) is 19.1 Å². The van der Waals surface area contributed by atoms with Crippen molar-refractivity contribution >= 4 is 54.4 Å². The number of hydrogen-bond acceptors (Lipinski definition) is 2. The van der Waals surface area contributed by atoms with Crippen LogP contribution in [-0.4, -0.2) is 19.1 Å². The lowest BCUT2D eigenvalue weighted by Crippen LogP contribution is -2.02. The summed E-state index contributed by atoms with van der Waals surface area (Å²) in [5.41, 5.74) is 13.3. The molecule has 12 aromatic rings. The first kappa shape index (κ1) is 34.0. The summed E-state index contributed by atoms with van der Waals surface area (Å²) < 4.78 is 4.75. The van der Waals surface area contributed by atoms with Gasteiger partial charge in [0.25, 0.3) is 0 Å². The van der Waals surface area contributed by atoms with Crippen LogP contribution in [0.2, 0.25) is 0 Å². The van der Waals surface area contributed by atoms with E-state index in [-0.39, 0.29) is 0 Å². The number of aromatic nitrogens is 4. The average Bonchev–Trinajstić information content (AvgIpc) is 3.83.